The van der Waals surface area contributed by atoms with Crippen LogP contribution in [0, 0.1) is 0 Å². The Hall–Kier alpha value is -1.50. The number of nitrogens with zero attached hydrogens (tertiary/aromatic N) is 3. The Morgan fingerprint density at radius 2 is 1.96 bits per heavy atom. The third kappa shape index (κ3) is 7.38. The van der Waals surface area contributed by atoms with Gasteiger partial charge in [-0.1, -0.05) is 13.8 Å². The van der Waals surface area contributed by atoms with Crippen molar-refractivity contribution in [1.29, 1.82) is 0 Å². The molecule has 1 fully saturated rings. The molecule has 1 amide bonds. The lowest BCUT2D eigenvalue weighted by molar-refractivity contribution is 0.111. The minimum absolute atomic E-state index is 0.232. The molecule has 7 nitrogen and oxygen atoms in total. The number of carbonyl (C=O) groups is 1. The number of aliphatic imine (C=N–C) groups is 1. The first-order valence-electron chi connectivity index (χ1n) is 9.24. The molecule has 1 heterocycles. The molecule has 0 saturated carbocycles. The van der Waals surface area contributed by atoms with E-state index in [4.69, 9.17) is 9.73 Å². The number of nitrogens with one attached hydrogen (secondary N) is 2. The van der Waals surface area contributed by atoms with Crippen molar-refractivity contribution in [1.82, 2.24) is 20.4 Å². The van der Waals surface area contributed by atoms with Gasteiger partial charge in [-0.05, 0) is 39.3 Å². The molecule has 24 heavy (non-hydrogen) atoms. The van der Waals surface area contributed by atoms with Crippen LogP contribution in [0.25, 0.3) is 0 Å². The maximum atomic E-state index is 11.5. The van der Waals surface area contributed by atoms with Crippen molar-refractivity contribution in [2.24, 2.45) is 4.99 Å². The van der Waals surface area contributed by atoms with Crippen LogP contribution >= 0.6 is 0 Å². The van der Waals surface area contributed by atoms with Gasteiger partial charge in [-0.25, -0.2) is 4.79 Å². The van der Waals surface area contributed by atoms with E-state index in [9.17, 15) is 4.79 Å². The molecule has 0 radical (unpaired) electrons. The summed E-state index contributed by atoms with van der Waals surface area (Å²) in [5.41, 5.74) is 0. The monoisotopic (exact) mass is 341 g/mol. The topological polar surface area (TPSA) is 69.2 Å². The Bertz CT molecular complexity index is 381. The van der Waals surface area contributed by atoms with Gasteiger partial charge in [-0.15, -0.1) is 0 Å². The maximum absolute atomic E-state index is 11.5. The average molecular weight is 342 g/mol. The van der Waals surface area contributed by atoms with Gasteiger partial charge >= 0.3 is 6.09 Å². The van der Waals surface area contributed by atoms with Gasteiger partial charge in [0.2, 0.25) is 0 Å². The molecule has 0 unspecified atom stereocenters. The van der Waals surface area contributed by atoms with Crippen LogP contribution in [0.5, 0.6) is 0 Å². The van der Waals surface area contributed by atoms with Crippen molar-refractivity contribution in [3.05, 3.63) is 0 Å². The van der Waals surface area contributed by atoms with Crippen molar-refractivity contribution < 1.29 is 9.53 Å². The number of ether oxygens (including phenoxy) is 1. The zero-order valence-electron chi connectivity index (χ0n) is 15.8. The Kier molecular flexibility index (Phi) is 10.2. The Morgan fingerprint density at radius 3 is 2.50 bits per heavy atom. The van der Waals surface area contributed by atoms with Crippen molar-refractivity contribution in [3.8, 4) is 0 Å². The summed E-state index contributed by atoms with van der Waals surface area (Å²) in [6.07, 6.45) is 2.77. The van der Waals surface area contributed by atoms with Crippen molar-refractivity contribution in [3.63, 3.8) is 0 Å². The predicted molar refractivity (Wildman–Crippen MR) is 98.5 cm³/mol. The molecule has 0 spiro atoms. The fraction of sp³-hybridized carbons (Fsp3) is 0.882. The standard InChI is InChI=1S/C17H35N5O2/c1-5-11-21(7-3)14-10-19-16(18-6-2)20-15-8-12-22(13-9-15)17(23)24-4/h15H,5-14H2,1-4H3,(H2,18,19,20). The first-order chi connectivity index (χ1) is 11.6. The molecular formula is C17H35N5O2. The van der Waals surface area contributed by atoms with Gasteiger partial charge in [0.1, 0.15) is 0 Å². The van der Waals surface area contributed by atoms with Crippen LogP contribution in [0.3, 0.4) is 0 Å². The third-order valence-corrected chi connectivity index (χ3v) is 4.29. The first-order valence-corrected chi connectivity index (χ1v) is 9.24. The van der Waals surface area contributed by atoms with Crippen LogP contribution in [0.1, 0.15) is 40.0 Å². The van der Waals surface area contributed by atoms with Crippen molar-refractivity contribution >= 4 is 12.1 Å². The summed E-state index contributed by atoms with van der Waals surface area (Å²) < 4.78 is 4.78. The highest BCUT2D eigenvalue weighted by atomic mass is 16.5. The number of likely N-dealkylation sites (tertiary alicyclic amines) is 1. The number of hydrogen-bond acceptors (Lipinski definition) is 4. The fourth-order valence-electron chi connectivity index (χ4n) is 2.90. The van der Waals surface area contributed by atoms with Crippen LogP contribution < -0.4 is 10.6 Å². The molecule has 7 heteroatoms. The van der Waals surface area contributed by atoms with Crippen molar-refractivity contribution in [2.75, 3.05) is 52.9 Å². The number of hydrogen-bond donors (Lipinski definition) is 2. The number of rotatable bonds is 8. The third-order valence-electron chi connectivity index (χ3n) is 4.29. The van der Waals surface area contributed by atoms with Gasteiger partial charge in [0.05, 0.1) is 13.7 Å². The Morgan fingerprint density at radius 1 is 1.25 bits per heavy atom. The molecule has 0 atom stereocenters. The van der Waals surface area contributed by atoms with E-state index < -0.39 is 0 Å². The Labute approximate surface area is 146 Å². The van der Waals surface area contributed by atoms with E-state index in [0.717, 1.165) is 64.6 Å². The Balaban J connectivity index is 2.42. The minimum atomic E-state index is -0.232. The summed E-state index contributed by atoms with van der Waals surface area (Å²) >= 11 is 0. The normalized spacial score (nSPS) is 16.4. The minimum Gasteiger partial charge on any atom is -0.453 e. The van der Waals surface area contributed by atoms with Crippen LogP contribution in [0.4, 0.5) is 4.79 Å². The van der Waals surface area contributed by atoms with Gasteiger partial charge in [-0.3, -0.25) is 4.99 Å². The summed E-state index contributed by atoms with van der Waals surface area (Å²) in [4.78, 5) is 20.4. The van der Waals surface area contributed by atoms with E-state index in [0.29, 0.717) is 6.04 Å². The lowest BCUT2D eigenvalue weighted by Crippen LogP contribution is -2.50. The van der Waals surface area contributed by atoms with Gasteiger partial charge in [0.15, 0.2) is 5.96 Å². The number of amides is 1. The molecular weight excluding hydrogens is 306 g/mol. The van der Waals surface area contributed by atoms with Gasteiger partial charge < -0.3 is 25.2 Å². The molecule has 0 aromatic rings. The summed E-state index contributed by atoms with van der Waals surface area (Å²) in [6.45, 7) is 12.8. The van der Waals surface area contributed by atoms with Gasteiger partial charge in [-0.2, -0.15) is 0 Å². The second-order valence-corrected chi connectivity index (χ2v) is 6.07. The molecule has 2 N–H and O–H groups in total. The first kappa shape index (κ1) is 20.5. The highest BCUT2D eigenvalue weighted by molar-refractivity contribution is 5.80. The largest absolute Gasteiger partial charge is 0.453 e. The van der Waals surface area contributed by atoms with Crippen LogP contribution in [-0.2, 0) is 4.74 Å². The second kappa shape index (κ2) is 11.9. The van der Waals surface area contributed by atoms with Crippen LogP contribution in [0.15, 0.2) is 4.99 Å². The number of methoxy groups -OCH3 is 1. The SMILES string of the molecule is CCCN(CC)CCN=C(NCC)NC1CCN(C(=O)OC)CC1. The molecule has 0 aliphatic carbocycles. The van der Waals surface area contributed by atoms with Crippen LogP contribution in [-0.4, -0.2) is 80.8 Å². The number of carbonyl (C=O) groups excluding carboxylic acids is 1. The molecule has 0 aromatic carbocycles. The van der Waals surface area contributed by atoms with E-state index in [1.807, 2.05) is 0 Å². The van der Waals surface area contributed by atoms with Crippen molar-refractivity contribution in [2.45, 2.75) is 46.1 Å². The van der Waals surface area contributed by atoms with E-state index in [1.165, 1.54) is 13.5 Å². The molecule has 1 saturated heterocycles. The fourth-order valence-corrected chi connectivity index (χ4v) is 2.90. The number of guanidine groups is 1. The van der Waals surface area contributed by atoms with Gasteiger partial charge in [0, 0.05) is 32.2 Å². The van der Waals surface area contributed by atoms with E-state index in [1.54, 1.807) is 4.90 Å². The number of likely N-dealkylation sites (N-methyl/N-ethyl adjacent to an activating group) is 1. The maximum Gasteiger partial charge on any atom is 0.409 e. The molecule has 140 valence electrons. The molecule has 0 bridgehead atoms. The van der Waals surface area contributed by atoms with Crippen LogP contribution in [0.2, 0.25) is 0 Å². The van der Waals surface area contributed by atoms with E-state index in [2.05, 4.69) is 36.3 Å². The summed E-state index contributed by atoms with van der Waals surface area (Å²) in [5, 5.41) is 6.81. The summed E-state index contributed by atoms with van der Waals surface area (Å²) in [6, 6.07) is 0.349. The van der Waals surface area contributed by atoms with E-state index >= 15 is 0 Å². The molecule has 0 aromatic heterocycles. The predicted octanol–water partition coefficient (Wildman–Crippen LogP) is 1.50. The molecule has 1 aliphatic heterocycles. The molecule has 1 rings (SSSR count). The number of piperidine rings is 1. The molecule has 1 aliphatic rings. The second-order valence-electron chi connectivity index (χ2n) is 6.07. The highest BCUT2D eigenvalue weighted by Crippen LogP contribution is 2.11. The summed E-state index contributed by atoms with van der Waals surface area (Å²) in [5.74, 6) is 0.876. The highest BCUT2D eigenvalue weighted by Gasteiger charge is 2.23. The summed E-state index contributed by atoms with van der Waals surface area (Å²) in [7, 11) is 1.43. The van der Waals surface area contributed by atoms with E-state index in [-0.39, 0.29) is 6.09 Å². The zero-order chi connectivity index (χ0) is 17.8. The smallest absolute Gasteiger partial charge is 0.409 e. The average Bonchev–Trinajstić information content (AvgIpc) is 2.61. The zero-order valence-corrected chi connectivity index (χ0v) is 15.8. The van der Waals surface area contributed by atoms with Gasteiger partial charge in [0.25, 0.3) is 0 Å². The lowest BCUT2D eigenvalue weighted by atomic mass is 10.1. The lowest BCUT2D eigenvalue weighted by Gasteiger charge is -2.32. The quantitative estimate of drug-likeness (QED) is 0.517.